The molecule has 110 valence electrons. The molecule has 1 aliphatic heterocycles. The van der Waals surface area contributed by atoms with Gasteiger partial charge in [-0.25, -0.2) is 0 Å². The van der Waals surface area contributed by atoms with Crippen LogP contribution in [-0.2, 0) is 4.79 Å². The van der Waals surface area contributed by atoms with Crippen molar-refractivity contribution in [3.63, 3.8) is 0 Å². The smallest absolute Gasteiger partial charge is 0.243 e. The van der Waals surface area contributed by atoms with E-state index in [1.165, 1.54) is 0 Å². The summed E-state index contributed by atoms with van der Waals surface area (Å²) in [4.78, 5) is 14.3. The molecule has 1 aromatic carbocycles. The van der Waals surface area contributed by atoms with Gasteiger partial charge in [0, 0.05) is 23.2 Å². The lowest BCUT2D eigenvalue weighted by Crippen LogP contribution is -2.57. The monoisotopic (exact) mass is 339 g/mol. The van der Waals surface area contributed by atoms with Gasteiger partial charge in [-0.15, -0.1) is 0 Å². The van der Waals surface area contributed by atoms with E-state index in [0.29, 0.717) is 0 Å². The van der Waals surface area contributed by atoms with E-state index in [2.05, 4.69) is 33.1 Å². The Morgan fingerprint density at radius 3 is 2.45 bits per heavy atom. The van der Waals surface area contributed by atoms with Crippen LogP contribution in [0.4, 0.5) is 5.69 Å². The summed E-state index contributed by atoms with van der Waals surface area (Å²) in [5.74, 6) is -0.253. The van der Waals surface area contributed by atoms with Crippen LogP contribution < -0.4 is 11.1 Å². The van der Waals surface area contributed by atoms with Crippen LogP contribution in [0, 0.1) is 0 Å². The number of rotatable bonds is 5. The van der Waals surface area contributed by atoms with Gasteiger partial charge in [0.05, 0.1) is 0 Å². The Bertz CT molecular complexity index is 453. The van der Waals surface area contributed by atoms with Crippen LogP contribution in [0.5, 0.6) is 0 Å². The summed E-state index contributed by atoms with van der Waals surface area (Å²) in [5.41, 5.74) is 6.00. The van der Waals surface area contributed by atoms with Crippen LogP contribution in [-0.4, -0.2) is 36.0 Å². The van der Waals surface area contributed by atoms with E-state index >= 15 is 0 Å². The molecule has 0 bridgehead atoms. The number of carbonyl (C=O) groups excluding carboxylic acids is 1. The van der Waals surface area contributed by atoms with Crippen LogP contribution in [0.3, 0.4) is 0 Å². The molecule has 1 amide bonds. The van der Waals surface area contributed by atoms with Crippen molar-refractivity contribution in [3.05, 3.63) is 28.7 Å². The third-order valence-corrected chi connectivity index (χ3v) is 4.48. The Morgan fingerprint density at radius 1 is 1.35 bits per heavy atom. The van der Waals surface area contributed by atoms with Crippen molar-refractivity contribution in [1.82, 2.24) is 4.90 Å². The predicted octanol–water partition coefficient (Wildman–Crippen LogP) is 2.59. The number of benzene rings is 1. The maximum atomic E-state index is 11.9. The standard InChI is InChI=1S/C15H22BrN3O/c1-2-9-19-10-7-15(8-11-19,14(17)20)18-13-5-3-12(16)4-6-13/h3-6,18H,2,7-11H2,1H3,(H2,17,20). The van der Waals surface area contributed by atoms with E-state index in [0.717, 1.165) is 49.1 Å². The fourth-order valence-corrected chi connectivity index (χ4v) is 2.98. The Morgan fingerprint density at radius 2 is 1.95 bits per heavy atom. The largest absolute Gasteiger partial charge is 0.371 e. The molecule has 1 saturated heterocycles. The summed E-state index contributed by atoms with van der Waals surface area (Å²) in [7, 11) is 0. The Labute approximate surface area is 128 Å². The van der Waals surface area contributed by atoms with Gasteiger partial charge in [0.2, 0.25) is 5.91 Å². The van der Waals surface area contributed by atoms with E-state index in [4.69, 9.17) is 5.73 Å². The summed E-state index contributed by atoms with van der Waals surface area (Å²) in [6.45, 7) is 5.10. The highest BCUT2D eigenvalue weighted by Crippen LogP contribution is 2.27. The van der Waals surface area contributed by atoms with Gasteiger partial charge in [-0.05, 0) is 50.1 Å². The number of primary amides is 1. The number of hydrogen-bond acceptors (Lipinski definition) is 3. The molecule has 20 heavy (non-hydrogen) atoms. The minimum absolute atomic E-state index is 0.253. The third kappa shape index (κ3) is 3.52. The molecule has 0 aromatic heterocycles. The molecule has 4 nitrogen and oxygen atoms in total. The molecular formula is C15H22BrN3O. The zero-order chi connectivity index (χ0) is 14.6. The number of amides is 1. The highest BCUT2D eigenvalue weighted by atomic mass is 79.9. The minimum atomic E-state index is -0.613. The van der Waals surface area contributed by atoms with Gasteiger partial charge in [-0.1, -0.05) is 22.9 Å². The van der Waals surface area contributed by atoms with E-state index in [1.807, 2.05) is 24.3 Å². The highest BCUT2D eigenvalue weighted by molar-refractivity contribution is 9.10. The number of hydrogen-bond donors (Lipinski definition) is 2. The van der Waals surface area contributed by atoms with Crippen molar-refractivity contribution in [1.29, 1.82) is 0 Å². The quantitative estimate of drug-likeness (QED) is 0.866. The second-order valence-electron chi connectivity index (χ2n) is 5.42. The molecule has 0 unspecified atom stereocenters. The molecule has 1 aliphatic rings. The molecule has 3 N–H and O–H groups in total. The summed E-state index contributed by atoms with van der Waals surface area (Å²) >= 11 is 3.41. The first kappa shape index (κ1) is 15.3. The number of carbonyl (C=O) groups is 1. The van der Waals surface area contributed by atoms with E-state index in [-0.39, 0.29) is 5.91 Å². The maximum Gasteiger partial charge on any atom is 0.243 e. The maximum absolute atomic E-state index is 11.9. The van der Waals surface area contributed by atoms with Crippen molar-refractivity contribution in [2.75, 3.05) is 25.0 Å². The van der Waals surface area contributed by atoms with Crippen molar-refractivity contribution in [2.24, 2.45) is 5.73 Å². The molecule has 0 aliphatic carbocycles. The molecule has 1 fully saturated rings. The van der Waals surface area contributed by atoms with Gasteiger partial charge in [0.25, 0.3) is 0 Å². The van der Waals surface area contributed by atoms with Crippen LogP contribution >= 0.6 is 15.9 Å². The Hall–Kier alpha value is -1.07. The zero-order valence-corrected chi connectivity index (χ0v) is 13.4. The first-order valence-corrected chi connectivity index (χ1v) is 7.91. The Balaban J connectivity index is 2.08. The molecule has 5 heteroatoms. The van der Waals surface area contributed by atoms with E-state index in [1.54, 1.807) is 0 Å². The van der Waals surface area contributed by atoms with Crippen LogP contribution in [0.25, 0.3) is 0 Å². The lowest BCUT2D eigenvalue weighted by atomic mass is 9.86. The van der Waals surface area contributed by atoms with Gasteiger partial charge >= 0.3 is 0 Å². The fraction of sp³-hybridized carbons (Fsp3) is 0.533. The van der Waals surface area contributed by atoms with Crippen LogP contribution in [0.1, 0.15) is 26.2 Å². The number of likely N-dealkylation sites (tertiary alicyclic amines) is 1. The number of nitrogens with two attached hydrogens (primary N) is 1. The number of piperidine rings is 1. The lowest BCUT2D eigenvalue weighted by molar-refractivity contribution is -0.123. The Kier molecular flexibility index (Phi) is 5.05. The molecule has 1 heterocycles. The van der Waals surface area contributed by atoms with Crippen LogP contribution in [0.15, 0.2) is 28.7 Å². The normalized spacial score (nSPS) is 18.7. The molecule has 0 spiro atoms. The molecule has 0 atom stereocenters. The van der Waals surface area contributed by atoms with Crippen molar-refractivity contribution >= 4 is 27.5 Å². The summed E-state index contributed by atoms with van der Waals surface area (Å²) in [5, 5.41) is 3.36. The van der Waals surface area contributed by atoms with Crippen LogP contribution in [0.2, 0.25) is 0 Å². The molecule has 0 radical (unpaired) electrons. The number of halogens is 1. The van der Waals surface area contributed by atoms with Gasteiger partial charge in [0.1, 0.15) is 5.54 Å². The topological polar surface area (TPSA) is 58.4 Å². The molecule has 2 rings (SSSR count). The highest BCUT2D eigenvalue weighted by Gasteiger charge is 2.39. The first-order chi connectivity index (χ1) is 9.55. The predicted molar refractivity (Wildman–Crippen MR) is 85.7 cm³/mol. The zero-order valence-electron chi connectivity index (χ0n) is 11.9. The van der Waals surface area contributed by atoms with Crippen molar-refractivity contribution in [3.8, 4) is 0 Å². The molecular weight excluding hydrogens is 318 g/mol. The van der Waals surface area contributed by atoms with Gasteiger partial charge in [-0.2, -0.15) is 0 Å². The number of nitrogens with one attached hydrogen (secondary N) is 1. The minimum Gasteiger partial charge on any atom is -0.371 e. The van der Waals surface area contributed by atoms with Crippen molar-refractivity contribution in [2.45, 2.75) is 31.7 Å². The second-order valence-corrected chi connectivity index (χ2v) is 6.34. The van der Waals surface area contributed by atoms with Gasteiger partial charge in [-0.3, -0.25) is 4.79 Å². The average molecular weight is 340 g/mol. The van der Waals surface area contributed by atoms with Gasteiger partial charge in [0.15, 0.2) is 0 Å². The SMILES string of the molecule is CCCN1CCC(Nc2ccc(Br)cc2)(C(N)=O)CC1. The average Bonchev–Trinajstić information content (AvgIpc) is 2.44. The molecule has 0 saturated carbocycles. The van der Waals surface area contributed by atoms with Crippen molar-refractivity contribution < 1.29 is 4.79 Å². The molecule has 1 aromatic rings. The van der Waals surface area contributed by atoms with E-state index in [9.17, 15) is 4.79 Å². The second kappa shape index (κ2) is 6.59. The number of anilines is 1. The first-order valence-electron chi connectivity index (χ1n) is 7.12. The summed E-state index contributed by atoms with van der Waals surface area (Å²) in [6.07, 6.45) is 2.67. The van der Waals surface area contributed by atoms with E-state index < -0.39 is 5.54 Å². The third-order valence-electron chi connectivity index (χ3n) is 3.95. The lowest BCUT2D eigenvalue weighted by Gasteiger charge is -2.40. The summed E-state index contributed by atoms with van der Waals surface area (Å²) < 4.78 is 1.02. The number of nitrogens with zero attached hydrogens (tertiary/aromatic N) is 1. The summed E-state index contributed by atoms with van der Waals surface area (Å²) in [6, 6.07) is 7.85. The van der Waals surface area contributed by atoms with Gasteiger partial charge < -0.3 is 16.0 Å². The fourth-order valence-electron chi connectivity index (χ4n) is 2.72.